The fourth-order valence-electron chi connectivity index (χ4n) is 7.07. The van der Waals surface area contributed by atoms with Gasteiger partial charge in [-0.05, 0) is 0 Å². The van der Waals surface area contributed by atoms with Crippen LogP contribution in [0, 0.1) is 5.92 Å². The van der Waals surface area contributed by atoms with Gasteiger partial charge in [-0.2, -0.15) is 0 Å². The molecule has 4 heteroatoms. The SMILES string of the molecule is CCCc1ccc2c(c1-c1ccccc1C(C)C)C=C(C(C)C)[CH]2[Zr]([Cl])([Cl])[c]1cccc2c1[SiH2]c1ccccc1-2. The van der Waals surface area contributed by atoms with Crippen molar-refractivity contribution in [2.24, 2.45) is 5.92 Å². The molecule has 0 bridgehead atoms. The van der Waals surface area contributed by atoms with Crippen LogP contribution in [0.4, 0.5) is 0 Å². The molecule has 1 atom stereocenters. The third-order valence-electron chi connectivity index (χ3n) is 8.93. The third-order valence-corrected chi connectivity index (χ3v) is 23.2. The molecule has 1 heterocycles. The number of aryl methyl sites for hydroxylation is 1. The summed E-state index contributed by atoms with van der Waals surface area (Å²) in [4.78, 5) is 0. The molecule has 0 aromatic heterocycles. The van der Waals surface area contributed by atoms with Crippen LogP contribution < -0.4 is 13.6 Å². The topological polar surface area (TPSA) is 0 Å². The third kappa shape index (κ3) is 4.68. The van der Waals surface area contributed by atoms with Crippen molar-refractivity contribution in [3.05, 3.63) is 107 Å². The zero-order chi connectivity index (χ0) is 28.2. The maximum absolute atomic E-state index is 7.90. The average Bonchev–Trinajstić information content (AvgIpc) is 3.52. The van der Waals surface area contributed by atoms with E-state index in [9.17, 15) is 0 Å². The van der Waals surface area contributed by atoms with Gasteiger partial charge in [-0.15, -0.1) is 0 Å². The molecule has 0 saturated carbocycles. The molecular weight excluding hydrogens is 623 g/mol. The molecule has 0 amide bonds. The molecule has 4 aromatic carbocycles. The summed E-state index contributed by atoms with van der Waals surface area (Å²) in [5.74, 6) is 0.824. The predicted molar refractivity (Wildman–Crippen MR) is 177 cm³/mol. The number of fused-ring (bicyclic) bond motifs is 4. The maximum atomic E-state index is 7.90. The van der Waals surface area contributed by atoms with Gasteiger partial charge in [-0.1, -0.05) is 0 Å². The number of rotatable bonds is 7. The molecule has 0 radical (unpaired) electrons. The predicted octanol–water partition coefficient (Wildman–Crippen LogP) is 8.41. The Balaban J connectivity index is 1.57. The Labute approximate surface area is 254 Å². The average molecular weight is 661 g/mol. The van der Waals surface area contributed by atoms with Crippen molar-refractivity contribution in [3.63, 3.8) is 0 Å². The van der Waals surface area contributed by atoms with Crippen LogP contribution in [0.5, 0.6) is 0 Å². The molecule has 40 heavy (non-hydrogen) atoms. The van der Waals surface area contributed by atoms with E-state index in [2.05, 4.69) is 120 Å². The fraction of sp³-hybridized carbons (Fsp3) is 0.278. The molecule has 0 nitrogen and oxygen atoms in total. The Kier molecular flexibility index (Phi) is 7.94. The van der Waals surface area contributed by atoms with Crippen LogP contribution >= 0.6 is 17.0 Å². The molecule has 1 aliphatic carbocycles. The summed E-state index contributed by atoms with van der Waals surface area (Å²) in [6.07, 6.45) is 4.67. The summed E-state index contributed by atoms with van der Waals surface area (Å²) >= 11 is -4.00. The van der Waals surface area contributed by atoms with Gasteiger partial charge in [0.05, 0.1) is 0 Å². The van der Waals surface area contributed by atoms with Crippen molar-refractivity contribution in [2.75, 3.05) is 0 Å². The van der Waals surface area contributed by atoms with Gasteiger partial charge >= 0.3 is 256 Å². The van der Waals surface area contributed by atoms with Crippen molar-refractivity contribution in [1.29, 1.82) is 0 Å². The van der Waals surface area contributed by atoms with E-state index in [0.717, 1.165) is 12.8 Å². The van der Waals surface area contributed by atoms with E-state index in [1.807, 2.05) is 0 Å². The summed E-state index contributed by atoms with van der Waals surface area (Å²) in [5, 5.41) is 3.01. The molecule has 0 fully saturated rings. The summed E-state index contributed by atoms with van der Waals surface area (Å²) in [6.45, 7) is 11.5. The van der Waals surface area contributed by atoms with E-state index in [1.165, 1.54) is 63.7 Å². The van der Waals surface area contributed by atoms with E-state index < -0.39 is 27.4 Å². The Bertz CT molecular complexity index is 1630. The van der Waals surface area contributed by atoms with Gasteiger partial charge in [0.25, 0.3) is 0 Å². The first-order chi connectivity index (χ1) is 19.2. The Morgan fingerprint density at radius 3 is 2.20 bits per heavy atom. The molecule has 0 N–H and O–H groups in total. The van der Waals surface area contributed by atoms with Gasteiger partial charge in [0, 0.05) is 0 Å². The molecule has 2 aliphatic rings. The van der Waals surface area contributed by atoms with E-state index in [1.54, 1.807) is 0 Å². The van der Waals surface area contributed by atoms with Crippen molar-refractivity contribution in [3.8, 4) is 22.3 Å². The minimum atomic E-state index is -4.00. The summed E-state index contributed by atoms with van der Waals surface area (Å²) in [5.41, 5.74) is 12.5. The van der Waals surface area contributed by atoms with Gasteiger partial charge in [-0.25, -0.2) is 0 Å². The van der Waals surface area contributed by atoms with Crippen LogP contribution in [-0.2, 0) is 24.3 Å². The molecular formula is C36H38Cl2SiZr. The summed E-state index contributed by atoms with van der Waals surface area (Å²) < 4.78 is 1.42. The standard InChI is InChI=1S/C24H29.C12H9Si.2ClH.Zr/c1-6-9-18-12-13-19-14-20(16(2)3)15-23(19)24(18)22-11-8-7-10-21(22)17(4)5;1-3-7-11-9(5-1)10-6-2-4-8-12(10)13-11;;;/h7-8,10-17H,6,9H2,1-5H3;1-7H,13H2;2*1H;/q;;;;+2/p-2. The zero-order valence-corrected chi connectivity index (χ0v) is 29.6. The first-order valence-corrected chi connectivity index (χ1v) is 25.2. The Hall–Kier alpha value is -1.70. The van der Waals surface area contributed by atoms with Gasteiger partial charge in [0.15, 0.2) is 0 Å². The summed E-state index contributed by atoms with van der Waals surface area (Å²) in [7, 11) is 15.2. The number of hydrogen-bond donors (Lipinski definition) is 0. The monoisotopic (exact) mass is 658 g/mol. The van der Waals surface area contributed by atoms with Crippen molar-refractivity contribution >= 4 is 46.3 Å². The minimum absolute atomic E-state index is 0.109. The van der Waals surface area contributed by atoms with Crippen LogP contribution in [0.2, 0.25) is 0 Å². The number of halogens is 2. The molecule has 6 rings (SSSR count). The first kappa shape index (κ1) is 28.4. The molecule has 1 unspecified atom stereocenters. The van der Waals surface area contributed by atoms with Gasteiger partial charge in [0.1, 0.15) is 0 Å². The second kappa shape index (κ2) is 11.2. The Morgan fingerprint density at radius 2 is 1.48 bits per heavy atom. The van der Waals surface area contributed by atoms with Crippen LogP contribution in [0.15, 0.2) is 84.4 Å². The van der Waals surface area contributed by atoms with Crippen molar-refractivity contribution in [2.45, 2.75) is 57.0 Å². The zero-order valence-electron chi connectivity index (χ0n) is 24.2. The van der Waals surface area contributed by atoms with Gasteiger partial charge in [0.2, 0.25) is 0 Å². The second-order valence-electron chi connectivity index (χ2n) is 12.1. The van der Waals surface area contributed by atoms with Crippen molar-refractivity contribution < 1.29 is 17.9 Å². The normalized spacial score (nSPS) is 16.4. The van der Waals surface area contributed by atoms with Gasteiger partial charge in [-0.3, -0.25) is 0 Å². The van der Waals surface area contributed by atoms with E-state index in [4.69, 9.17) is 17.0 Å². The molecule has 1 aliphatic heterocycles. The summed E-state index contributed by atoms with van der Waals surface area (Å²) in [6, 6.07) is 29.4. The van der Waals surface area contributed by atoms with E-state index in [-0.39, 0.29) is 3.63 Å². The fourth-order valence-corrected chi connectivity index (χ4v) is 24.1. The van der Waals surface area contributed by atoms with Crippen molar-refractivity contribution in [1.82, 2.24) is 0 Å². The van der Waals surface area contributed by atoms with E-state index >= 15 is 0 Å². The number of allylic oxidation sites excluding steroid dienone is 1. The molecule has 204 valence electrons. The number of hydrogen-bond acceptors (Lipinski definition) is 0. The van der Waals surface area contributed by atoms with Gasteiger partial charge < -0.3 is 0 Å². The second-order valence-corrected chi connectivity index (χ2v) is 27.9. The van der Waals surface area contributed by atoms with E-state index in [0.29, 0.717) is 11.8 Å². The molecule has 4 aromatic rings. The van der Waals surface area contributed by atoms with Crippen LogP contribution in [0.3, 0.4) is 0 Å². The Morgan fingerprint density at radius 1 is 0.775 bits per heavy atom. The van der Waals surface area contributed by atoms with Crippen LogP contribution in [-0.4, -0.2) is 9.52 Å². The quantitative estimate of drug-likeness (QED) is 0.154. The molecule has 0 saturated heterocycles. The number of benzene rings is 4. The molecule has 0 spiro atoms. The van der Waals surface area contributed by atoms with Crippen LogP contribution in [0.1, 0.15) is 72.8 Å². The first-order valence-electron chi connectivity index (χ1n) is 14.8. The van der Waals surface area contributed by atoms with Crippen LogP contribution in [0.25, 0.3) is 28.3 Å².